The number of carbonyl (C=O) groups is 1. The van der Waals surface area contributed by atoms with E-state index in [0.717, 1.165) is 15.8 Å². The minimum Gasteiger partial charge on any atom is -0.359 e. The Kier molecular flexibility index (Phi) is 4.18. The first kappa shape index (κ1) is 15.1. The number of carbonyl (C=O) groups excluding carboxylic acids is 1. The number of aromatic nitrogens is 1. The summed E-state index contributed by atoms with van der Waals surface area (Å²) in [7, 11) is 0. The van der Waals surface area contributed by atoms with E-state index in [0.29, 0.717) is 28.1 Å². The van der Waals surface area contributed by atoms with Crippen LogP contribution in [0.15, 0.2) is 34.9 Å². The van der Waals surface area contributed by atoms with Gasteiger partial charge in [-0.1, -0.05) is 48.8 Å². The number of fused-ring (bicyclic) bond motifs is 1. The van der Waals surface area contributed by atoms with Crippen LogP contribution in [0.3, 0.4) is 0 Å². The first-order valence-corrected chi connectivity index (χ1v) is 8.16. The average Bonchev–Trinajstić information content (AvgIpc) is 3.11. The second kappa shape index (κ2) is 6.10. The van der Waals surface area contributed by atoms with Crippen molar-refractivity contribution in [1.82, 2.24) is 10.5 Å². The lowest BCUT2D eigenvalue weighted by atomic mass is 10.1. The molecule has 2 aromatic heterocycles. The van der Waals surface area contributed by atoms with Crippen LogP contribution >= 0.6 is 22.9 Å². The molecule has 0 radical (unpaired) electrons. The number of thiophene rings is 1. The summed E-state index contributed by atoms with van der Waals surface area (Å²) in [5, 5.41) is 8.19. The zero-order valence-electron chi connectivity index (χ0n) is 12.2. The standard InChI is InChI=1S/C16H15ClN2O2S/c1-9(2)12-7-10(21-19-12)8-18-16(20)15-14(17)11-5-3-4-6-13(11)22-15/h3-7,9H,8H2,1-2H3,(H,18,20). The van der Waals surface area contributed by atoms with Crippen LogP contribution < -0.4 is 5.32 Å². The maximum Gasteiger partial charge on any atom is 0.263 e. The molecule has 2 heterocycles. The minimum atomic E-state index is -0.200. The maximum absolute atomic E-state index is 12.3. The van der Waals surface area contributed by atoms with Crippen molar-refractivity contribution in [1.29, 1.82) is 0 Å². The summed E-state index contributed by atoms with van der Waals surface area (Å²) in [5.41, 5.74) is 0.879. The number of halogens is 1. The molecule has 6 heteroatoms. The third-order valence-corrected chi connectivity index (χ3v) is 5.01. The van der Waals surface area contributed by atoms with Crippen molar-refractivity contribution in [3.8, 4) is 0 Å². The van der Waals surface area contributed by atoms with Crippen LogP contribution in [0.4, 0.5) is 0 Å². The molecule has 0 aliphatic carbocycles. The monoisotopic (exact) mass is 334 g/mol. The largest absolute Gasteiger partial charge is 0.359 e. The van der Waals surface area contributed by atoms with Gasteiger partial charge in [-0.25, -0.2) is 0 Å². The molecular formula is C16H15ClN2O2S. The maximum atomic E-state index is 12.3. The molecule has 0 spiro atoms. The van der Waals surface area contributed by atoms with Gasteiger partial charge in [-0.2, -0.15) is 0 Å². The van der Waals surface area contributed by atoms with Gasteiger partial charge in [0, 0.05) is 16.2 Å². The zero-order chi connectivity index (χ0) is 15.7. The first-order chi connectivity index (χ1) is 10.6. The fraction of sp³-hybridized carbons (Fsp3) is 0.250. The van der Waals surface area contributed by atoms with E-state index < -0.39 is 0 Å². The molecule has 0 bridgehead atoms. The SMILES string of the molecule is CC(C)c1cc(CNC(=O)c2sc3ccccc3c2Cl)on1. The van der Waals surface area contributed by atoms with Crippen molar-refractivity contribution in [3.63, 3.8) is 0 Å². The molecule has 0 aliphatic heterocycles. The summed E-state index contributed by atoms with van der Waals surface area (Å²) in [6, 6.07) is 9.56. The van der Waals surface area contributed by atoms with Crippen molar-refractivity contribution < 1.29 is 9.32 Å². The summed E-state index contributed by atoms with van der Waals surface area (Å²) >= 11 is 7.68. The number of hydrogen-bond acceptors (Lipinski definition) is 4. The molecule has 1 N–H and O–H groups in total. The van der Waals surface area contributed by atoms with Gasteiger partial charge in [0.05, 0.1) is 17.3 Å². The molecule has 1 amide bonds. The lowest BCUT2D eigenvalue weighted by Gasteiger charge is -2.00. The van der Waals surface area contributed by atoms with Gasteiger partial charge in [0.1, 0.15) is 4.88 Å². The number of amides is 1. The van der Waals surface area contributed by atoms with Crippen LogP contribution in [-0.2, 0) is 6.54 Å². The predicted molar refractivity (Wildman–Crippen MR) is 88.6 cm³/mol. The Morgan fingerprint density at radius 3 is 2.86 bits per heavy atom. The molecule has 22 heavy (non-hydrogen) atoms. The highest BCUT2D eigenvalue weighted by Gasteiger charge is 2.17. The fourth-order valence-corrected chi connectivity index (χ4v) is 3.53. The normalized spacial score (nSPS) is 11.3. The summed E-state index contributed by atoms with van der Waals surface area (Å²) in [6.45, 7) is 4.37. The smallest absolute Gasteiger partial charge is 0.263 e. The van der Waals surface area contributed by atoms with Crippen LogP contribution in [-0.4, -0.2) is 11.1 Å². The molecule has 3 aromatic rings. The highest BCUT2D eigenvalue weighted by molar-refractivity contribution is 7.21. The number of benzene rings is 1. The molecule has 114 valence electrons. The van der Waals surface area contributed by atoms with E-state index in [2.05, 4.69) is 10.5 Å². The lowest BCUT2D eigenvalue weighted by molar-refractivity contribution is 0.0951. The van der Waals surface area contributed by atoms with Gasteiger partial charge in [-0.05, 0) is 12.0 Å². The van der Waals surface area contributed by atoms with Gasteiger partial charge in [0.15, 0.2) is 5.76 Å². The molecule has 0 saturated heterocycles. The Morgan fingerprint density at radius 2 is 2.18 bits per heavy atom. The Bertz CT molecular complexity index is 823. The van der Waals surface area contributed by atoms with Crippen LogP contribution in [0.5, 0.6) is 0 Å². The topological polar surface area (TPSA) is 55.1 Å². The highest BCUT2D eigenvalue weighted by Crippen LogP contribution is 2.35. The summed E-state index contributed by atoms with van der Waals surface area (Å²) in [6.07, 6.45) is 0. The molecule has 1 aromatic carbocycles. The zero-order valence-corrected chi connectivity index (χ0v) is 13.8. The highest BCUT2D eigenvalue weighted by atomic mass is 35.5. The molecule has 4 nitrogen and oxygen atoms in total. The minimum absolute atomic E-state index is 0.200. The van der Waals surface area contributed by atoms with Gasteiger partial charge < -0.3 is 9.84 Å². The van der Waals surface area contributed by atoms with Crippen molar-refractivity contribution in [3.05, 3.63) is 51.7 Å². The van der Waals surface area contributed by atoms with Crippen LogP contribution in [0, 0.1) is 0 Å². The van der Waals surface area contributed by atoms with Crippen LogP contribution in [0.2, 0.25) is 5.02 Å². The van der Waals surface area contributed by atoms with E-state index in [1.807, 2.05) is 44.2 Å². The first-order valence-electron chi connectivity index (χ1n) is 6.97. The second-order valence-electron chi connectivity index (χ2n) is 5.30. The van der Waals surface area contributed by atoms with Crippen LogP contribution in [0.1, 0.15) is 40.9 Å². The molecule has 0 unspecified atom stereocenters. The number of nitrogens with zero attached hydrogens (tertiary/aromatic N) is 1. The summed E-state index contributed by atoms with van der Waals surface area (Å²) in [5.74, 6) is 0.730. The van der Waals surface area contributed by atoms with E-state index in [1.165, 1.54) is 11.3 Å². The third kappa shape index (κ3) is 2.87. The average molecular weight is 335 g/mol. The van der Waals surface area contributed by atoms with Crippen molar-refractivity contribution in [2.75, 3.05) is 0 Å². The summed E-state index contributed by atoms with van der Waals surface area (Å²) in [4.78, 5) is 12.8. The van der Waals surface area contributed by atoms with E-state index in [1.54, 1.807) is 0 Å². The molecule has 0 aliphatic rings. The Balaban J connectivity index is 1.74. The lowest BCUT2D eigenvalue weighted by Crippen LogP contribution is -2.21. The molecular weight excluding hydrogens is 320 g/mol. The van der Waals surface area contributed by atoms with E-state index >= 15 is 0 Å². The number of nitrogens with one attached hydrogen (secondary N) is 1. The van der Waals surface area contributed by atoms with Gasteiger partial charge in [0.2, 0.25) is 0 Å². The molecule has 3 rings (SSSR count). The van der Waals surface area contributed by atoms with Gasteiger partial charge in [0.25, 0.3) is 5.91 Å². The number of hydrogen-bond donors (Lipinski definition) is 1. The Morgan fingerprint density at radius 1 is 1.41 bits per heavy atom. The number of rotatable bonds is 4. The predicted octanol–water partition coefficient (Wildman–Crippen LogP) is 4.60. The van der Waals surface area contributed by atoms with E-state index in [-0.39, 0.29) is 5.91 Å². The molecule has 0 fully saturated rings. The van der Waals surface area contributed by atoms with Crippen molar-refractivity contribution in [2.45, 2.75) is 26.3 Å². The van der Waals surface area contributed by atoms with Crippen molar-refractivity contribution in [2.24, 2.45) is 0 Å². The van der Waals surface area contributed by atoms with E-state index in [9.17, 15) is 4.79 Å². The van der Waals surface area contributed by atoms with Crippen molar-refractivity contribution >= 4 is 38.9 Å². The molecule has 0 atom stereocenters. The van der Waals surface area contributed by atoms with E-state index in [4.69, 9.17) is 16.1 Å². The van der Waals surface area contributed by atoms with Crippen LogP contribution in [0.25, 0.3) is 10.1 Å². The summed E-state index contributed by atoms with van der Waals surface area (Å²) < 4.78 is 6.21. The quantitative estimate of drug-likeness (QED) is 0.758. The fourth-order valence-electron chi connectivity index (χ4n) is 2.09. The molecule has 0 saturated carbocycles. The Hall–Kier alpha value is -1.85. The second-order valence-corrected chi connectivity index (χ2v) is 6.73. The third-order valence-electron chi connectivity index (χ3n) is 3.33. The van der Waals surface area contributed by atoms with Gasteiger partial charge in [-0.3, -0.25) is 4.79 Å². The van der Waals surface area contributed by atoms with Gasteiger partial charge in [-0.15, -0.1) is 11.3 Å². The van der Waals surface area contributed by atoms with Gasteiger partial charge >= 0.3 is 0 Å². The Labute approximate surface area is 137 Å².